The van der Waals surface area contributed by atoms with E-state index < -0.39 is 36.0 Å². The summed E-state index contributed by atoms with van der Waals surface area (Å²) in [6.07, 6.45) is 5.96. The van der Waals surface area contributed by atoms with Gasteiger partial charge in [-0.3, -0.25) is 24.0 Å². The van der Waals surface area contributed by atoms with Crippen molar-refractivity contribution in [3.05, 3.63) is 35.9 Å². The van der Waals surface area contributed by atoms with Crippen LogP contribution in [-0.4, -0.2) is 65.0 Å². The van der Waals surface area contributed by atoms with Crippen molar-refractivity contribution in [2.45, 2.75) is 102 Å². The van der Waals surface area contributed by atoms with Crippen LogP contribution in [0, 0.1) is 0 Å². The van der Waals surface area contributed by atoms with Crippen LogP contribution in [-0.2, 0) is 30.4 Å². The van der Waals surface area contributed by atoms with Gasteiger partial charge in [-0.1, -0.05) is 50.1 Å². The molecule has 0 radical (unpaired) electrons. The minimum Gasteiger partial charge on any atom is -0.343 e. The summed E-state index contributed by atoms with van der Waals surface area (Å²) in [7, 11) is 0. The van der Waals surface area contributed by atoms with Crippen LogP contribution in [0.1, 0.15) is 77.2 Å². The largest absolute Gasteiger partial charge is 0.343 e. The number of carbonyl (C=O) groups is 5. The fourth-order valence-corrected chi connectivity index (χ4v) is 4.96. The second-order valence-corrected chi connectivity index (χ2v) is 10.1. The Morgan fingerprint density at radius 1 is 0.892 bits per heavy atom. The molecule has 4 atom stereocenters. The van der Waals surface area contributed by atoms with E-state index in [1.54, 1.807) is 11.8 Å². The van der Waals surface area contributed by atoms with Gasteiger partial charge in [-0.15, -0.1) is 0 Å². The lowest BCUT2D eigenvalue weighted by atomic mass is 9.97. The molecule has 202 valence electrons. The molecule has 4 amide bonds. The predicted molar refractivity (Wildman–Crippen MR) is 139 cm³/mol. The van der Waals surface area contributed by atoms with E-state index >= 15 is 0 Å². The van der Waals surface area contributed by atoms with Gasteiger partial charge in [0.1, 0.15) is 30.0 Å². The minimum atomic E-state index is -0.878. The first kappa shape index (κ1) is 28.3. The molecule has 0 bridgehead atoms. The Morgan fingerprint density at radius 2 is 1.62 bits per heavy atom. The lowest BCUT2D eigenvalue weighted by molar-refractivity contribution is -0.146. The van der Waals surface area contributed by atoms with Gasteiger partial charge in [0, 0.05) is 25.8 Å². The van der Waals surface area contributed by atoms with Gasteiger partial charge >= 0.3 is 0 Å². The highest BCUT2D eigenvalue weighted by atomic mass is 16.2. The van der Waals surface area contributed by atoms with Crippen LogP contribution in [0.15, 0.2) is 30.3 Å². The van der Waals surface area contributed by atoms with Crippen LogP contribution in [0.25, 0.3) is 0 Å². The Morgan fingerprint density at radius 3 is 2.35 bits per heavy atom. The predicted octanol–water partition coefficient (Wildman–Crippen LogP) is 2.03. The molecule has 2 aliphatic heterocycles. The number of unbranched alkanes of at least 4 members (excludes halogenated alkanes) is 2. The molecule has 9 heteroatoms. The first-order valence-electron chi connectivity index (χ1n) is 13.6. The van der Waals surface area contributed by atoms with Crippen molar-refractivity contribution in [3.63, 3.8) is 0 Å². The van der Waals surface area contributed by atoms with E-state index in [0.717, 1.165) is 31.2 Å². The topological polar surface area (TPSA) is 125 Å². The number of carbonyl (C=O) groups excluding carboxylic acids is 5. The summed E-state index contributed by atoms with van der Waals surface area (Å²) in [6, 6.07) is 6.19. The Kier molecular flexibility index (Phi) is 10.7. The molecule has 1 aromatic rings. The fourth-order valence-electron chi connectivity index (χ4n) is 4.96. The van der Waals surface area contributed by atoms with Crippen LogP contribution >= 0.6 is 0 Å². The van der Waals surface area contributed by atoms with Crippen LogP contribution in [0.3, 0.4) is 0 Å². The Bertz CT molecular complexity index is 967. The highest BCUT2D eigenvalue weighted by molar-refractivity contribution is 5.97. The van der Waals surface area contributed by atoms with E-state index in [2.05, 4.69) is 16.0 Å². The third kappa shape index (κ3) is 8.13. The quantitative estimate of drug-likeness (QED) is 0.437. The molecule has 1 aromatic carbocycles. The first-order valence-corrected chi connectivity index (χ1v) is 13.6. The summed E-state index contributed by atoms with van der Waals surface area (Å²) in [6.45, 7) is 3.84. The number of nitrogens with one attached hydrogen (secondary N) is 3. The molecular formula is C28H40N4O5. The lowest BCUT2D eigenvalue weighted by Crippen LogP contribution is -2.63. The Labute approximate surface area is 219 Å². The maximum Gasteiger partial charge on any atom is 0.246 e. The molecular weight excluding hydrogens is 472 g/mol. The molecule has 37 heavy (non-hydrogen) atoms. The highest BCUT2D eigenvalue weighted by Crippen LogP contribution is 2.20. The molecule has 9 nitrogen and oxygen atoms in total. The zero-order valence-electron chi connectivity index (χ0n) is 22.0. The summed E-state index contributed by atoms with van der Waals surface area (Å²) in [5.74, 6) is -1.28. The van der Waals surface area contributed by atoms with E-state index in [4.69, 9.17) is 0 Å². The van der Waals surface area contributed by atoms with Gasteiger partial charge in [0.2, 0.25) is 23.6 Å². The molecule has 3 N–H and O–H groups in total. The van der Waals surface area contributed by atoms with Crippen LogP contribution in [0.4, 0.5) is 0 Å². The van der Waals surface area contributed by atoms with Crippen molar-refractivity contribution in [1.82, 2.24) is 20.9 Å². The second kappa shape index (κ2) is 13.9. The van der Waals surface area contributed by atoms with Gasteiger partial charge in [0.15, 0.2) is 0 Å². The van der Waals surface area contributed by atoms with Crippen molar-refractivity contribution in [2.75, 3.05) is 6.54 Å². The van der Waals surface area contributed by atoms with E-state index in [-0.39, 0.29) is 17.6 Å². The van der Waals surface area contributed by atoms with Gasteiger partial charge in [0.05, 0.1) is 0 Å². The van der Waals surface area contributed by atoms with Gasteiger partial charge in [-0.2, -0.15) is 0 Å². The number of hydrogen-bond acceptors (Lipinski definition) is 5. The first-order chi connectivity index (χ1) is 17.8. The SMILES string of the molecule is CCC(=O)CCCCC[C@@H]1NC(=O)[C@H]2CCCCN2C(=O)[C@H](Cc2ccccc2)NC(=O)[C@@H](C)NC1=O. The molecule has 2 saturated heterocycles. The number of hydrogen-bond donors (Lipinski definition) is 3. The van der Waals surface area contributed by atoms with E-state index in [1.165, 1.54) is 0 Å². The standard InChI is InChI=1S/C28H40N4O5/c1-3-21(33)14-8-5-9-15-22-26(35)29-19(2)25(34)31-23(18-20-12-6-4-7-13-20)28(37)32-17-11-10-16-24(32)27(36)30-22/h4,6-7,12-13,19,22-24H,3,5,8-11,14-18H2,1-2H3,(H,29,35)(H,30,36)(H,31,34)/t19-,22+,23+,24-/m1/s1. The molecule has 0 unspecified atom stereocenters. The van der Waals surface area contributed by atoms with Gasteiger partial charge in [0.25, 0.3) is 0 Å². The summed E-state index contributed by atoms with van der Waals surface area (Å²) in [4.78, 5) is 66.3. The van der Waals surface area contributed by atoms with Crippen molar-refractivity contribution in [3.8, 4) is 0 Å². The van der Waals surface area contributed by atoms with E-state index in [0.29, 0.717) is 45.1 Å². The van der Waals surface area contributed by atoms with Crippen molar-refractivity contribution in [1.29, 1.82) is 0 Å². The lowest BCUT2D eigenvalue weighted by Gasteiger charge is -2.38. The number of ketones is 1. The smallest absolute Gasteiger partial charge is 0.246 e. The van der Waals surface area contributed by atoms with Gasteiger partial charge < -0.3 is 20.9 Å². The molecule has 3 rings (SSSR count). The Hall–Kier alpha value is -3.23. The number of fused-ring (bicyclic) bond motifs is 1. The number of rotatable bonds is 9. The zero-order chi connectivity index (χ0) is 26.8. The van der Waals surface area contributed by atoms with Crippen molar-refractivity contribution >= 4 is 29.4 Å². The molecule has 0 aromatic heterocycles. The van der Waals surface area contributed by atoms with Crippen LogP contribution in [0.5, 0.6) is 0 Å². The molecule has 0 spiro atoms. The fraction of sp³-hybridized carbons (Fsp3) is 0.607. The van der Waals surface area contributed by atoms with Gasteiger partial charge in [-0.05, 0) is 44.6 Å². The number of Topliss-reactive ketones (excluding diaryl/α,β-unsaturated/α-hetero) is 1. The van der Waals surface area contributed by atoms with Crippen LogP contribution in [0.2, 0.25) is 0 Å². The van der Waals surface area contributed by atoms with E-state index in [1.807, 2.05) is 37.3 Å². The number of amides is 4. The van der Waals surface area contributed by atoms with Crippen molar-refractivity contribution in [2.24, 2.45) is 0 Å². The summed E-state index contributed by atoms with van der Waals surface area (Å²) >= 11 is 0. The second-order valence-electron chi connectivity index (χ2n) is 10.1. The maximum absolute atomic E-state index is 13.7. The summed E-state index contributed by atoms with van der Waals surface area (Å²) < 4.78 is 0. The number of nitrogens with zero attached hydrogens (tertiary/aromatic N) is 1. The summed E-state index contributed by atoms with van der Waals surface area (Å²) in [5, 5.41) is 8.42. The van der Waals surface area contributed by atoms with Crippen molar-refractivity contribution < 1.29 is 24.0 Å². The summed E-state index contributed by atoms with van der Waals surface area (Å²) in [5.41, 5.74) is 0.892. The molecule has 0 aliphatic carbocycles. The van der Waals surface area contributed by atoms with E-state index in [9.17, 15) is 24.0 Å². The molecule has 0 saturated carbocycles. The molecule has 2 fully saturated rings. The monoisotopic (exact) mass is 512 g/mol. The third-order valence-electron chi connectivity index (χ3n) is 7.21. The molecule has 2 aliphatic rings. The number of benzene rings is 1. The average molecular weight is 513 g/mol. The number of piperidine rings is 1. The molecule has 2 heterocycles. The third-order valence-corrected chi connectivity index (χ3v) is 7.21. The maximum atomic E-state index is 13.7. The van der Waals surface area contributed by atoms with Crippen LogP contribution < -0.4 is 16.0 Å². The minimum absolute atomic E-state index is 0.213. The highest BCUT2D eigenvalue weighted by Gasteiger charge is 2.38. The zero-order valence-corrected chi connectivity index (χ0v) is 22.0. The average Bonchev–Trinajstić information content (AvgIpc) is 2.91. The van der Waals surface area contributed by atoms with Gasteiger partial charge in [-0.25, -0.2) is 0 Å². The Balaban J connectivity index is 1.78. The normalized spacial score (nSPS) is 25.2.